The molecule has 0 fully saturated rings. The Morgan fingerprint density at radius 1 is 1.56 bits per heavy atom. The lowest BCUT2D eigenvalue weighted by molar-refractivity contribution is -0.120. The predicted octanol–water partition coefficient (Wildman–Crippen LogP) is 1.64. The molecule has 0 saturated carbocycles. The van der Waals surface area contributed by atoms with Gasteiger partial charge in [0.15, 0.2) is 0 Å². The molecule has 0 aliphatic heterocycles. The Labute approximate surface area is 106 Å². The number of pyridine rings is 1. The molecule has 2 heterocycles. The van der Waals surface area contributed by atoms with Gasteiger partial charge in [-0.3, -0.25) is 4.79 Å². The number of H-pyrrole nitrogens is 1. The van der Waals surface area contributed by atoms with Gasteiger partial charge in [-0.25, -0.2) is 4.98 Å². The van der Waals surface area contributed by atoms with E-state index in [4.69, 9.17) is 4.74 Å². The summed E-state index contributed by atoms with van der Waals surface area (Å²) >= 11 is 0. The Balaban J connectivity index is 2.10. The van der Waals surface area contributed by atoms with Crippen LogP contribution in [0.25, 0.3) is 11.0 Å². The van der Waals surface area contributed by atoms with Gasteiger partial charge in [0.1, 0.15) is 11.4 Å². The van der Waals surface area contributed by atoms with Crippen molar-refractivity contribution in [1.82, 2.24) is 15.3 Å². The van der Waals surface area contributed by atoms with Crippen molar-refractivity contribution in [3.8, 4) is 5.75 Å². The molecule has 0 bridgehead atoms. The van der Waals surface area contributed by atoms with Crippen LogP contribution in [-0.4, -0.2) is 29.5 Å². The summed E-state index contributed by atoms with van der Waals surface area (Å²) in [5.41, 5.74) is 1.97. The van der Waals surface area contributed by atoms with Crippen LogP contribution in [0, 0.1) is 0 Å². The molecule has 0 saturated heterocycles. The Kier molecular flexibility index (Phi) is 3.82. The minimum atomic E-state index is 0.0746. The van der Waals surface area contributed by atoms with E-state index in [1.807, 2.05) is 19.2 Å². The summed E-state index contributed by atoms with van der Waals surface area (Å²) in [7, 11) is 1.62. The van der Waals surface area contributed by atoms with E-state index in [0.717, 1.165) is 28.8 Å². The molecule has 18 heavy (non-hydrogen) atoms. The smallest absolute Gasteiger partial charge is 0.219 e. The fraction of sp³-hybridized carbons (Fsp3) is 0.385. The molecule has 0 aromatic carbocycles. The van der Waals surface area contributed by atoms with Crippen LogP contribution in [0.5, 0.6) is 5.75 Å². The molecule has 1 amide bonds. The number of hydrogen-bond acceptors (Lipinski definition) is 3. The minimum Gasteiger partial charge on any atom is -0.495 e. The molecular formula is C13H17N3O2. The maximum Gasteiger partial charge on any atom is 0.219 e. The Hall–Kier alpha value is -2.04. The molecule has 96 valence electrons. The van der Waals surface area contributed by atoms with Crippen LogP contribution in [0.4, 0.5) is 0 Å². The van der Waals surface area contributed by atoms with Gasteiger partial charge in [0.25, 0.3) is 0 Å². The molecule has 2 aromatic heterocycles. The predicted molar refractivity (Wildman–Crippen MR) is 69.7 cm³/mol. The second-order valence-electron chi connectivity index (χ2n) is 4.04. The molecule has 2 aromatic rings. The van der Waals surface area contributed by atoms with Gasteiger partial charge in [-0.2, -0.15) is 0 Å². The van der Waals surface area contributed by atoms with Crippen molar-refractivity contribution in [2.24, 2.45) is 0 Å². The lowest BCUT2D eigenvalue weighted by Crippen LogP contribution is -2.24. The van der Waals surface area contributed by atoms with Gasteiger partial charge in [-0.1, -0.05) is 6.92 Å². The topological polar surface area (TPSA) is 67.0 Å². The normalized spacial score (nSPS) is 10.6. The van der Waals surface area contributed by atoms with Gasteiger partial charge >= 0.3 is 0 Å². The molecule has 0 aliphatic rings. The average Bonchev–Trinajstić information content (AvgIpc) is 2.81. The number of fused-ring (bicyclic) bond motifs is 1. The van der Waals surface area contributed by atoms with Crippen LogP contribution in [0.3, 0.4) is 0 Å². The van der Waals surface area contributed by atoms with Crippen LogP contribution in [0.1, 0.15) is 18.9 Å². The van der Waals surface area contributed by atoms with Crippen LogP contribution in [0.2, 0.25) is 0 Å². The highest BCUT2D eigenvalue weighted by Crippen LogP contribution is 2.21. The number of rotatable bonds is 5. The number of aromatic amines is 1. The van der Waals surface area contributed by atoms with Gasteiger partial charge in [0, 0.05) is 24.5 Å². The van der Waals surface area contributed by atoms with Crippen molar-refractivity contribution in [2.45, 2.75) is 19.8 Å². The Morgan fingerprint density at radius 3 is 3.11 bits per heavy atom. The quantitative estimate of drug-likeness (QED) is 0.844. The maximum absolute atomic E-state index is 11.2. The third-order valence-electron chi connectivity index (χ3n) is 2.86. The Morgan fingerprint density at radius 2 is 2.39 bits per heavy atom. The van der Waals surface area contributed by atoms with Gasteiger partial charge in [0.05, 0.1) is 13.3 Å². The number of ether oxygens (including phenoxy) is 1. The van der Waals surface area contributed by atoms with Crippen molar-refractivity contribution in [3.63, 3.8) is 0 Å². The van der Waals surface area contributed by atoms with Crippen LogP contribution >= 0.6 is 0 Å². The second kappa shape index (κ2) is 5.53. The number of carbonyl (C=O) groups excluding carboxylic acids is 1. The molecule has 5 nitrogen and oxygen atoms in total. The fourth-order valence-electron chi connectivity index (χ4n) is 1.82. The lowest BCUT2D eigenvalue weighted by atomic mass is 10.1. The van der Waals surface area contributed by atoms with Gasteiger partial charge in [-0.05, 0) is 18.1 Å². The van der Waals surface area contributed by atoms with Crippen molar-refractivity contribution in [3.05, 3.63) is 24.0 Å². The van der Waals surface area contributed by atoms with Crippen molar-refractivity contribution in [2.75, 3.05) is 13.7 Å². The van der Waals surface area contributed by atoms with Gasteiger partial charge < -0.3 is 15.0 Å². The summed E-state index contributed by atoms with van der Waals surface area (Å²) < 4.78 is 5.16. The highest BCUT2D eigenvalue weighted by Gasteiger charge is 2.06. The molecule has 0 radical (unpaired) electrons. The Bertz CT molecular complexity index is 548. The van der Waals surface area contributed by atoms with E-state index in [-0.39, 0.29) is 5.91 Å². The largest absolute Gasteiger partial charge is 0.495 e. The zero-order chi connectivity index (χ0) is 13.0. The van der Waals surface area contributed by atoms with E-state index in [1.54, 1.807) is 13.3 Å². The maximum atomic E-state index is 11.2. The standard InChI is InChI=1S/C13H17N3O2/c1-3-12(17)14-5-4-9-7-15-13-11(9)6-10(18-2)8-16-13/h6-8H,3-5H2,1-2H3,(H,14,17)(H,15,16). The van der Waals surface area contributed by atoms with Crippen molar-refractivity contribution >= 4 is 16.9 Å². The third-order valence-corrected chi connectivity index (χ3v) is 2.86. The first-order valence-corrected chi connectivity index (χ1v) is 6.01. The zero-order valence-electron chi connectivity index (χ0n) is 10.6. The lowest BCUT2D eigenvalue weighted by Gasteiger charge is -2.03. The molecule has 0 atom stereocenters. The zero-order valence-corrected chi connectivity index (χ0v) is 10.6. The van der Waals surface area contributed by atoms with E-state index in [2.05, 4.69) is 15.3 Å². The molecule has 2 rings (SSSR count). The summed E-state index contributed by atoms with van der Waals surface area (Å²) in [4.78, 5) is 18.5. The fourth-order valence-corrected chi connectivity index (χ4v) is 1.82. The van der Waals surface area contributed by atoms with E-state index in [1.165, 1.54) is 0 Å². The summed E-state index contributed by atoms with van der Waals surface area (Å²) in [6.45, 7) is 2.48. The number of hydrogen-bond donors (Lipinski definition) is 2. The third kappa shape index (κ3) is 2.61. The first-order valence-electron chi connectivity index (χ1n) is 6.01. The van der Waals surface area contributed by atoms with Crippen LogP contribution in [-0.2, 0) is 11.2 Å². The number of nitrogens with zero attached hydrogens (tertiary/aromatic N) is 1. The van der Waals surface area contributed by atoms with Crippen LogP contribution < -0.4 is 10.1 Å². The number of aromatic nitrogens is 2. The molecule has 2 N–H and O–H groups in total. The minimum absolute atomic E-state index is 0.0746. The van der Waals surface area contributed by atoms with E-state index in [0.29, 0.717) is 13.0 Å². The summed E-state index contributed by atoms with van der Waals surface area (Å²) in [6.07, 6.45) is 4.90. The average molecular weight is 247 g/mol. The van der Waals surface area contributed by atoms with Crippen molar-refractivity contribution < 1.29 is 9.53 Å². The second-order valence-corrected chi connectivity index (χ2v) is 4.04. The van der Waals surface area contributed by atoms with E-state index < -0.39 is 0 Å². The monoisotopic (exact) mass is 247 g/mol. The molecule has 0 spiro atoms. The number of nitrogens with one attached hydrogen (secondary N) is 2. The number of methoxy groups -OCH3 is 1. The first-order chi connectivity index (χ1) is 8.74. The van der Waals surface area contributed by atoms with E-state index in [9.17, 15) is 4.79 Å². The SMILES string of the molecule is CCC(=O)NCCc1c[nH]c2ncc(OC)cc12. The molecule has 5 heteroatoms. The number of carbonyl (C=O) groups is 1. The molecular weight excluding hydrogens is 230 g/mol. The molecule has 0 unspecified atom stereocenters. The van der Waals surface area contributed by atoms with Crippen LogP contribution in [0.15, 0.2) is 18.5 Å². The van der Waals surface area contributed by atoms with Crippen molar-refractivity contribution in [1.29, 1.82) is 0 Å². The van der Waals surface area contributed by atoms with E-state index >= 15 is 0 Å². The molecule has 0 aliphatic carbocycles. The summed E-state index contributed by atoms with van der Waals surface area (Å²) in [6, 6.07) is 1.95. The highest BCUT2D eigenvalue weighted by atomic mass is 16.5. The summed E-state index contributed by atoms with van der Waals surface area (Å²) in [5.74, 6) is 0.812. The summed E-state index contributed by atoms with van der Waals surface area (Å²) in [5, 5.41) is 3.90. The van der Waals surface area contributed by atoms with Gasteiger partial charge in [-0.15, -0.1) is 0 Å². The van der Waals surface area contributed by atoms with Gasteiger partial charge in [0.2, 0.25) is 5.91 Å². The number of amides is 1. The highest BCUT2D eigenvalue weighted by molar-refractivity contribution is 5.81. The first kappa shape index (κ1) is 12.4.